The Bertz CT molecular complexity index is 678. The normalized spacial score (nSPS) is 10.6. The minimum absolute atomic E-state index is 0.0509. The van der Waals surface area contributed by atoms with Gasteiger partial charge in [0, 0.05) is 11.6 Å². The molecule has 0 aliphatic rings. The third-order valence-corrected chi connectivity index (χ3v) is 3.03. The predicted octanol–water partition coefficient (Wildman–Crippen LogP) is 1.14. The predicted molar refractivity (Wildman–Crippen MR) is 84.4 cm³/mol. The molecule has 8 nitrogen and oxygen atoms in total. The second kappa shape index (κ2) is 7.48. The van der Waals surface area contributed by atoms with Crippen LogP contribution in [0.25, 0.3) is 11.4 Å². The Hall–Kier alpha value is -2.77. The van der Waals surface area contributed by atoms with Crippen LogP contribution in [-0.4, -0.2) is 38.2 Å². The maximum absolute atomic E-state index is 11.7. The summed E-state index contributed by atoms with van der Waals surface area (Å²) < 4.78 is 0. The SMILES string of the molecule is CCc1ccc(-c2nnn(CC(=O)NC(=O)NC(C)C)n2)cc1. The lowest BCUT2D eigenvalue weighted by Gasteiger charge is -2.08. The van der Waals surface area contributed by atoms with Crippen molar-refractivity contribution in [3.63, 3.8) is 0 Å². The Morgan fingerprint density at radius 1 is 1.22 bits per heavy atom. The summed E-state index contributed by atoms with van der Waals surface area (Å²) in [4.78, 5) is 24.3. The summed E-state index contributed by atoms with van der Waals surface area (Å²) in [6, 6.07) is 7.23. The molecular weight excluding hydrogens is 296 g/mol. The van der Waals surface area contributed by atoms with E-state index in [1.165, 1.54) is 5.56 Å². The molecule has 2 aromatic rings. The average molecular weight is 316 g/mol. The second-order valence-corrected chi connectivity index (χ2v) is 5.37. The van der Waals surface area contributed by atoms with Crippen LogP contribution in [0.2, 0.25) is 0 Å². The van der Waals surface area contributed by atoms with Gasteiger partial charge >= 0.3 is 6.03 Å². The van der Waals surface area contributed by atoms with E-state index in [2.05, 4.69) is 33.0 Å². The lowest BCUT2D eigenvalue weighted by atomic mass is 10.1. The largest absolute Gasteiger partial charge is 0.336 e. The molecule has 0 saturated heterocycles. The van der Waals surface area contributed by atoms with Gasteiger partial charge < -0.3 is 5.32 Å². The van der Waals surface area contributed by atoms with Crippen LogP contribution in [0.5, 0.6) is 0 Å². The van der Waals surface area contributed by atoms with Crippen LogP contribution in [0.15, 0.2) is 24.3 Å². The number of tetrazole rings is 1. The second-order valence-electron chi connectivity index (χ2n) is 5.37. The topological polar surface area (TPSA) is 102 Å². The number of benzene rings is 1. The van der Waals surface area contributed by atoms with Gasteiger partial charge in [-0.25, -0.2) is 4.79 Å². The van der Waals surface area contributed by atoms with E-state index in [0.717, 1.165) is 16.8 Å². The van der Waals surface area contributed by atoms with E-state index < -0.39 is 11.9 Å². The fourth-order valence-corrected chi connectivity index (χ4v) is 1.91. The first kappa shape index (κ1) is 16.6. The third-order valence-electron chi connectivity index (χ3n) is 3.03. The monoisotopic (exact) mass is 316 g/mol. The molecule has 122 valence electrons. The first-order chi connectivity index (χ1) is 11.0. The molecule has 0 bridgehead atoms. The lowest BCUT2D eigenvalue weighted by molar-refractivity contribution is -0.121. The van der Waals surface area contributed by atoms with Gasteiger partial charge in [0.15, 0.2) is 0 Å². The number of urea groups is 1. The number of aryl methyl sites for hydroxylation is 1. The van der Waals surface area contributed by atoms with E-state index in [0.29, 0.717) is 5.82 Å². The highest BCUT2D eigenvalue weighted by molar-refractivity contribution is 5.94. The number of aromatic nitrogens is 4. The highest BCUT2D eigenvalue weighted by Gasteiger charge is 2.12. The molecule has 1 heterocycles. The minimum Gasteiger partial charge on any atom is -0.336 e. The lowest BCUT2D eigenvalue weighted by Crippen LogP contribution is -2.43. The van der Waals surface area contributed by atoms with Crippen LogP contribution in [0, 0.1) is 0 Å². The summed E-state index contributed by atoms with van der Waals surface area (Å²) in [5, 5.41) is 16.7. The van der Waals surface area contributed by atoms with E-state index in [-0.39, 0.29) is 12.6 Å². The number of hydrogen-bond donors (Lipinski definition) is 2. The van der Waals surface area contributed by atoms with Gasteiger partial charge in [-0.3, -0.25) is 10.1 Å². The smallest absolute Gasteiger partial charge is 0.321 e. The summed E-state index contributed by atoms with van der Waals surface area (Å²) in [6.45, 7) is 5.52. The van der Waals surface area contributed by atoms with Gasteiger partial charge in [0.05, 0.1) is 0 Å². The number of amides is 3. The molecule has 3 amide bonds. The van der Waals surface area contributed by atoms with Gasteiger partial charge in [-0.05, 0) is 31.0 Å². The van der Waals surface area contributed by atoms with Crippen molar-refractivity contribution in [1.82, 2.24) is 30.8 Å². The molecule has 0 radical (unpaired) electrons. The quantitative estimate of drug-likeness (QED) is 0.861. The van der Waals surface area contributed by atoms with Crippen LogP contribution >= 0.6 is 0 Å². The highest BCUT2D eigenvalue weighted by atomic mass is 16.2. The number of imide groups is 1. The summed E-state index contributed by atoms with van der Waals surface area (Å²) in [5.41, 5.74) is 2.04. The number of rotatable bonds is 5. The Balaban J connectivity index is 1.96. The van der Waals surface area contributed by atoms with E-state index in [4.69, 9.17) is 0 Å². The zero-order valence-corrected chi connectivity index (χ0v) is 13.4. The third kappa shape index (κ3) is 4.87. The standard InChI is InChI=1S/C15H20N6O2/c1-4-11-5-7-12(8-6-11)14-18-20-21(19-14)9-13(22)17-15(23)16-10(2)3/h5-8,10H,4,9H2,1-3H3,(H2,16,17,22,23). The maximum atomic E-state index is 11.7. The number of carbonyl (C=O) groups is 2. The number of nitrogens with one attached hydrogen (secondary N) is 2. The molecule has 0 unspecified atom stereocenters. The number of hydrogen-bond acceptors (Lipinski definition) is 5. The molecule has 0 fully saturated rings. The van der Waals surface area contributed by atoms with Gasteiger partial charge in [0.25, 0.3) is 5.91 Å². The van der Waals surface area contributed by atoms with Crippen LogP contribution in [0.4, 0.5) is 4.79 Å². The van der Waals surface area contributed by atoms with Crippen molar-refractivity contribution in [3.05, 3.63) is 29.8 Å². The Morgan fingerprint density at radius 2 is 1.91 bits per heavy atom. The van der Waals surface area contributed by atoms with E-state index >= 15 is 0 Å². The average Bonchev–Trinajstić information content (AvgIpc) is 2.94. The first-order valence-electron chi connectivity index (χ1n) is 7.45. The van der Waals surface area contributed by atoms with Crippen LogP contribution in [0.3, 0.4) is 0 Å². The summed E-state index contributed by atoms with van der Waals surface area (Å²) in [5.74, 6) is -0.0690. The summed E-state index contributed by atoms with van der Waals surface area (Å²) in [6.07, 6.45) is 0.957. The van der Waals surface area contributed by atoms with Crippen molar-refractivity contribution in [3.8, 4) is 11.4 Å². The van der Waals surface area contributed by atoms with Crippen LogP contribution in [-0.2, 0) is 17.8 Å². The van der Waals surface area contributed by atoms with Crippen LogP contribution in [0.1, 0.15) is 26.3 Å². The van der Waals surface area contributed by atoms with Gasteiger partial charge in [0.2, 0.25) is 5.82 Å². The molecule has 0 spiro atoms. The fraction of sp³-hybridized carbons (Fsp3) is 0.400. The van der Waals surface area contributed by atoms with Crippen molar-refractivity contribution in [1.29, 1.82) is 0 Å². The number of carbonyl (C=O) groups excluding carboxylic acids is 2. The molecule has 1 aromatic carbocycles. The zero-order valence-electron chi connectivity index (χ0n) is 13.4. The highest BCUT2D eigenvalue weighted by Crippen LogP contribution is 2.14. The molecular formula is C15H20N6O2. The Morgan fingerprint density at radius 3 is 2.52 bits per heavy atom. The molecule has 2 N–H and O–H groups in total. The van der Waals surface area contributed by atoms with E-state index in [1.54, 1.807) is 13.8 Å². The molecule has 2 rings (SSSR count). The van der Waals surface area contributed by atoms with Gasteiger partial charge in [-0.15, -0.1) is 10.2 Å². The Labute approximate surface area is 134 Å². The molecule has 0 aliphatic heterocycles. The van der Waals surface area contributed by atoms with Crippen molar-refractivity contribution >= 4 is 11.9 Å². The maximum Gasteiger partial charge on any atom is 0.321 e. The van der Waals surface area contributed by atoms with Gasteiger partial charge in [0.1, 0.15) is 6.54 Å². The van der Waals surface area contributed by atoms with Crippen molar-refractivity contribution in [2.24, 2.45) is 0 Å². The zero-order chi connectivity index (χ0) is 16.8. The minimum atomic E-state index is -0.541. The van der Waals surface area contributed by atoms with E-state index in [1.807, 2.05) is 24.3 Å². The number of nitrogens with zero attached hydrogens (tertiary/aromatic N) is 4. The van der Waals surface area contributed by atoms with E-state index in [9.17, 15) is 9.59 Å². The molecule has 0 aliphatic carbocycles. The summed E-state index contributed by atoms with van der Waals surface area (Å²) >= 11 is 0. The molecule has 0 atom stereocenters. The fourth-order valence-electron chi connectivity index (χ4n) is 1.91. The van der Waals surface area contributed by atoms with Crippen LogP contribution < -0.4 is 10.6 Å². The van der Waals surface area contributed by atoms with Crippen molar-refractivity contribution in [2.75, 3.05) is 0 Å². The van der Waals surface area contributed by atoms with Crippen molar-refractivity contribution < 1.29 is 9.59 Å². The summed E-state index contributed by atoms with van der Waals surface area (Å²) in [7, 11) is 0. The van der Waals surface area contributed by atoms with Gasteiger partial charge in [-0.1, -0.05) is 31.2 Å². The molecule has 1 aromatic heterocycles. The Kier molecular flexibility index (Phi) is 5.40. The van der Waals surface area contributed by atoms with Gasteiger partial charge in [-0.2, -0.15) is 4.80 Å². The van der Waals surface area contributed by atoms with Crippen molar-refractivity contribution in [2.45, 2.75) is 39.8 Å². The molecule has 8 heteroatoms. The molecule has 23 heavy (non-hydrogen) atoms. The first-order valence-corrected chi connectivity index (χ1v) is 7.45. The molecule has 0 saturated carbocycles.